The quantitative estimate of drug-likeness (QED) is 0.593. The molecule has 4 N–H and O–H groups in total. The number of carboxylic acid groups (broad SMARTS) is 1. The Hall–Kier alpha value is -2.90. The Morgan fingerprint density at radius 1 is 1.30 bits per heavy atom. The molecule has 3 amide bonds. The van der Waals surface area contributed by atoms with Gasteiger partial charge in [0.25, 0.3) is 5.91 Å². The first-order valence-electron chi connectivity index (χ1n) is 5.77. The molecule has 8 heteroatoms. The van der Waals surface area contributed by atoms with Crippen molar-refractivity contribution in [1.29, 1.82) is 0 Å². The molecule has 1 heterocycles. The number of urea groups is 1. The van der Waals surface area contributed by atoms with Crippen LogP contribution in [0.3, 0.4) is 0 Å². The molecular weight excluding hydrogens is 264 g/mol. The van der Waals surface area contributed by atoms with Crippen LogP contribution < -0.4 is 16.1 Å². The van der Waals surface area contributed by atoms with Gasteiger partial charge in [-0.25, -0.2) is 10.2 Å². The molecule has 0 spiro atoms. The standard InChI is InChI=1S/C12H12N4O4/c17-10(18)6-13-11(19)8-3-1-7(2-4-8)9-5-14-12(20)16-15-9/h1-4H,5-6H2,(H,13,19)(H,17,18)(H2,14,16,20). The molecular formula is C12H12N4O4. The van der Waals surface area contributed by atoms with Crippen molar-refractivity contribution in [2.75, 3.05) is 13.1 Å². The Morgan fingerprint density at radius 3 is 2.55 bits per heavy atom. The highest BCUT2D eigenvalue weighted by molar-refractivity contribution is 6.06. The first-order valence-corrected chi connectivity index (χ1v) is 5.77. The lowest BCUT2D eigenvalue weighted by Crippen LogP contribution is -2.42. The first kappa shape index (κ1) is 13.5. The third-order valence-electron chi connectivity index (χ3n) is 2.59. The number of carbonyl (C=O) groups excluding carboxylic acids is 2. The molecule has 0 aliphatic carbocycles. The van der Waals surface area contributed by atoms with Crippen molar-refractivity contribution >= 4 is 23.6 Å². The van der Waals surface area contributed by atoms with E-state index in [4.69, 9.17) is 5.11 Å². The minimum Gasteiger partial charge on any atom is -0.480 e. The number of amides is 3. The van der Waals surface area contributed by atoms with E-state index < -0.39 is 18.4 Å². The summed E-state index contributed by atoms with van der Waals surface area (Å²) < 4.78 is 0. The van der Waals surface area contributed by atoms with Gasteiger partial charge in [-0.15, -0.1) is 0 Å². The number of carboxylic acids is 1. The van der Waals surface area contributed by atoms with E-state index in [0.29, 0.717) is 17.8 Å². The second-order valence-corrected chi connectivity index (χ2v) is 4.01. The van der Waals surface area contributed by atoms with E-state index in [9.17, 15) is 14.4 Å². The summed E-state index contributed by atoms with van der Waals surface area (Å²) in [6, 6.07) is 6.11. The summed E-state index contributed by atoms with van der Waals surface area (Å²) in [4.78, 5) is 32.8. The van der Waals surface area contributed by atoms with Crippen molar-refractivity contribution in [3.63, 3.8) is 0 Å². The molecule has 0 unspecified atom stereocenters. The molecule has 1 aromatic rings. The van der Waals surface area contributed by atoms with Gasteiger partial charge in [0.2, 0.25) is 0 Å². The monoisotopic (exact) mass is 276 g/mol. The Morgan fingerprint density at radius 2 is 2.00 bits per heavy atom. The summed E-state index contributed by atoms with van der Waals surface area (Å²) in [7, 11) is 0. The average molecular weight is 276 g/mol. The average Bonchev–Trinajstić information content (AvgIpc) is 2.46. The van der Waals surface area contributed by atoms with E-state index in [2.05, 4.69) is 21.2 Å². The van der Waals surface area contributed by atoms with Gasteiger partial charge in [-0.2, -0.15) is 5.10 Å². The number of aliphatic carboxylic acids is 1. The summed E-state index contributed by atoms with van der Waals surface area (Å²) >= 11 is 0. The molecule has 1 aliphatic rings. The van der Waals surface area contributed by atoms with Crippen molar-refractivity contribution in [3.8, 4) is 0 Å². The molecule has 0 radical (unpaired) electrons. The van der Waals surface area contributed by atoms with E-state index in [1.807, 2.05) is 0 Å². The summed E-state index contributed by atoms with van der Waals surface area (Å²) in [5.74, 6) is -1.57. The topological polar surface area (TPSA) is 120 Å². The maximum atomic E-state index is 11.6. The lowest BCUT2D eigenvalue weighted by molar-refractivity contribution is -0.135. The number of nitrogens with zero attached hydrogens (tertiary/aromatic N) is 1. The highest BCUT2D eigenvalue weighted by Gasteiger charge is 2.13. The van der Waals surface area contributed by atoms with Gasteiger partial charge in [0.1, 0.15) is 6.54 Å². The Kier molecular flexibility index (Phi) is 3.94. The number of benzene rings is 1. The molecule has 1 aromatic carbocycles. The van der Waals surface area contributed by atoms with E-state index in [1.165, 1.54) is 0 Å². The maximum absolute atomic E-state index is 11.6. The van der Waals surface area contributed by atoms with Gasteiger partial charge >= 0.3 is 12.0 Å². The van der Waals surface area contributed by atoms with Gasteiger partial charge in [-0.05, 0) is 17.7 Å². The van der Waals surface area contributed by atoms with Crippen molar-refractivity contribution < 1.29 is 19.5 Å². The summed E-state index contributed by atoms with van der Waals surface area (Å²) in [6.45, 7) is -0.125. The first-order chi connectivity index (χ1) is 9.56. The second-order valence-electron chi connectivity index (χ2n) is 4.01. The maximum Gasteiger partial charge on any atom is 0.335 e. The predicted molar refractivity (Wildman–Crippen MR) is 69.5 cm³/mol. The number of hydrogen-bond acceptors (Lipinski definition) is 4. The molecule has 104 valence electrons. The summed E-state index contributed by atoms with van der Waals surface area (Å²) in [6.07, 6.45) is 0. The van der Waals surface area contributed by atoms with Crippen LogP contribution in [0.15, 0.2) is 29.4 Å². The molecule has 0 atom stereocenters. The van der Waals surface area contributed by atoms with Crippen LogP contribution in [0, 0.1) is 0 Å². The molecule has 1 aliphatic heterocycles. The largest absolute Gasteiger partial charge is 0.480 e. The molecule has 0 saturated heterocycles. The van der Waals surface area contributed by atoms with Gasteiger partial charge in [0, 0.05) is 5.56 Å². The van der Waals surface area contributed by atoms with E-state index in [1.54, 1.807) is 24.3 Å². The van der Waals surface area contributed by atoms with E-state index >= 15 is 0 Å². The fourth-order valence-electron chi connectivity index (χ4n) is 1.60. The normalized spacial score (nSPS) is 13.8. The number of carbonyl (C=O) groups is 3. The van der Waals surface area contributed by atoms with Crippen LogP contribution in [0.1, 0.15) is 15.9 Å². The third-order valence-corrected chi connectivity index (χ3v) is 2.59. The molecule has 20 heavy (non-hydrogen) atoms. The molecule has 2 rings (SSSR count). The molecule has 0 bridgehead atoms. The Balaban J connectivity index is 2.04. The third kappa shape index (κ3) is 3.31. The molecule has 0 fully saturated rings. The summed E-state index contributed by atoms with van der Waals surface area (Å²) in [5, 5.41) is 17.2. The Bertz CT molecular complexity index is 580. The predicted octanol–water partition coefficient (Wildman–Crippen LogP) is -0.482. The van der Waals surface area contributed by atoms with E-state index in [0.717, 1.165) is 5.56 Å². The minimum absolute atomic E-state index is 0.302. The second kappa shape index (κ2) is 5.83. The van der Waals surface area contributed by atoms with Gasteiger partial charge < -0.3 is 15.7 Å². The van der Waals surface area contributed by atoms with Crippen LogP contribution in [0.25, 0.3) is 0 Å². The zero-order chi connectivity index (χ0) is 14.5. The van der Waals surface area contributed by atoms with Crippen LogP contribution in [-0.2, 0) is 4.79 Å². The highest BCUT2D eigenvalue weighted by Crippen LogP contribution is 2.06. The lowest BCUT2D eigenvalue weighted by Gasteiger charge is -2.14. The Labute approximate surface area is 113 Å². The number of hydrogen-bond donors (Lipinski definition) is 4. The fourth-order valence-corrected chi connectivity index (χ4v) is 1.60. The number of rotatable bonds is 4. The van der Waals surface area contributed by atoms with Crippen molar-refractivity contribution in [1.82, 2.24) is 16.1 Å². The van der Waals surface area contributed by atoms with Crippen molar-refractivity contribution in [2.45, 2.75) is 0 Å². The number of hydrazone groups is 1. The highest BCUT2D eigenvalue weighted by atomic mass is 16.4. The van der Waals surface area contributed by atoms with Gasteiger partial charge in [0.15, 0.2) is 0 Å². The smallest absolute Gasteiger partial charge is 0.335 e. The fraction of sp³-hybridized carbons (Fsp3) is 0.167. The van der Waals surface area contributed by atoms with Crippen LogP contribution in [0.5, 0.6) is 0 Å². The van der Waals surface area contributed by atoms with Crippen LogP contribution in [0.2, 0.25) is 0 Å². The van der Waals surface area contributed by atoms with E-state index in [-0.39, 0.29) is 6.03 Å². The van der Waals surface area contributed by atoms with Gasteiger partial charge in [-0.3, -0.25) is 9.59 Å². The lowest BCUT2D eigenvalue weighted by atomic mass is 10.1. The van der Waals surface area contributed by atoms with Gasteiger partial charge in [-0.1, -0.05) is 12.1 Å². The molecule has 0 saturated carbocycles. The van der Waals surface area contributed by atoms with Crippen molar-refractivity contribution in [3.05, 3.63) is 35.4 Å². The van der Waals surface area contributed by atoms with Crippen LogP contribution >= 0.6 is 0 Å². The van der Waals surface area contributed by atoms with Gasteiger partial charge in [0.05, 0.1) is 12.3 Å². The van der Waals surface area contributed by atoms with Crippen LogP contribution in [0.4, 0.5) is 4.79 Å². The van der Waals surface area contributed by atoms with Crippen LogP contribution in [-0.4, -0.2) is 41.8 Å². The number of nitrogens with one attached hydrogen (secondary N) is 3. The van der Waals surface area contributed by atoms with Crippen molar-refractivity contribution in [2.24, 2.45) is 5.10 Å². The SMILES string of the molecule is O=C(O)CNC(=O)c1ccc(C2=NNC(=O)NC2)cc1. The molecule has 0 aromatic heterocycles. The zero-order valence-electron chi connectivity index (χ0n) is 10.3. The zero-order valence-corrected chi connectivity index (χ0v) is 10.3. The summed E-state index contributed by atoms with van der Waals surface area (Å²) in [5.41, 5.74) is 4.04. The minimum atomic E-state index is -1.10. The molecule has 8 nitrogen and oxygen atoms in total.